The van der Waals surface area contributed by atoms with Gasteiger partial charge >= 0.3 is 6.61 Å². The van der Waals surface area contributed by atoms with Gasteiger partial charge in [-0.15, -0.1) is 0 Å². The zero-order chi connectivity index (χ0) is 22.7. The molecular weight excluding hydrogens is 422 g/mol. The van der Waals surface area contributed by atoms with Crippen molar-refractivity contribution in [3.8, 4) is 17.1 Å². The zero-order valence-electron chi connectivity index (χ0n) is 17.5. The van der Waals surface area contributed by atoms with E-state index in [0.29, 0.717) is 35.7 Å². The second-order valence-electron chi connectivity index (χ2n) is 7.59. The highest BCUT2D eigenvalue weighted by molar-refractivity contribution is 5.94. The van der Waals surface area contributed by atoms with E-state index >= 15 is 0 Å². The lowest BCUT2D eigenvalue weighted by Crippen LogP contribution is -2.48. The minimum absolute atomic E-state index is 0.185. The van der Waals surface area contributed by atoms with Crippen molar-refractivity contribution in [2.24, 2.45) is 0 Å². The Kier molecular flexibility index (Phi) is 6.40. The van der Waals surface area contributed by atoms with E-state index in [0.717, 1.165) is 16.8 Å². The molecule has 1 aliphatic carbocycles. The van der Waals surface area contributed by atoms with E-state index in [-0.39, 0.29) is 18.6 Å². The van der Waals surface area contributed by atoms with E-state index in [2.05, 4.69) is 25.2 Å². The maximum atomic E-state index is 12.3. The topological polar surface area (TPSA) is 99.4 Å². The van der Waals surface area contributed by atoms with Crippen molar-refractivity contribution in [1.29, 1.82) is 0 Å². The van der Waals surface area contributed by atoms with Crippen LogP contribution in [0.4, 0.5) is 8.78 Å². The van der Waals surface area contributed by atoms with Gasteiger partial charge < -0.3 is 19.3 Å². The van der Waals surface area contributed by atoms with Crippen molar-refractivity contribution in [3.05, 3.63) is 59.2 Å². The number of carbonyl (C=O) groups excluding carboxylic acids is 1. The molecule has 4 rings (SSSR count). The normalized spacial score (nSPS) is 17.8. The number of pyridine rings is 2. The number of halogens is 2. The summed E-state index contributed by atoms with van der Waals surface area (Å²) in [5.41, 5.74) is 3.51. The quantitative estimate of drug-likeness (QED) is 0.564. The summed E-state index contributed by atoms with van der Waals surface area (Å²) in [5, 5.41) is 6.88. The van der Waals surface area contributed by atoms with E-state index < -0.39 is 12.7 Å². The Morgan fingerprint density at radius 1 is 1.19 bits per heavy atom. The summed E-state index contributed by atoms with van der Waals surface area (Å²) in [6.07, 6.45) is 3.34. The molecule has 1 aliphatic rings. The predicted molar refractivity (Wildman–Crippen MR) is 109 cm³/mol. The van der Waals surface area contributed by atoms with E-state index in [1.807, 2.05) is 19.1 Å². The van der Waals surface area contributed by atoms with Crippen LogP contribution in [-0.2, 0) is 11.3 Å². The number of aryl methyl sites for hydroxylation is 2. The first-order valence-electron chi connectivity index (χ1n) is 10.1. The number of nitrogens with zero attached hydrogens (tertiary/aromatic N) is 3. The second kappa shape index (κ2) is 9.39. The van der Waals surface area contributed by atoms with E-state index in [4.69, 9.17) is 9.26 Å². The molecule has 10 heteroatoms. The van der Waals surface area contributed by atoms with Crippen LogP contribution in [0.3, 0.4) is 0 Å². The summed E-state index contributed by atoms with van der Waals surface area (Å²) in [4.78, 5) is 20.8. The van der Waals surface area contributed by atoms with Crippen LogP contribution in [0.1, 0.15) is 40.2 Å². The molecule has 0 aliphatic heterocycles. The molecule has 0 atom stereocenters. The van der Waals surface area contributed by atoms with Gasteiger partial charge in [0, 0.05) is 35.8 Å². The van der Waals surface area contributed by atoms with Gasteiger partial charge in [0.1, 0.15) is 18.1 Å². The fourth-order valence-electron chi connectivity index (χ4n) is 3.35. The maximum Gasteiger partial charge on any atom is 0.345 e. The van der Waals surface area contributed by atoms with Gasteiger partial charge in [0.05, 0.1) is 17.2 Å². The zero-order valence-corrected chi connectivity index (χ0v) is 17.5. The smallest absolute Gasteiger partial charge is 0.345 e. The Balaban J connectivity index is 1.33. The van der Waals surface area contributed by atoms with Crippen molar-refractivity contribution in [1.82, 2.24) is 20.4 Å². The van der Waals surface area contributed by atoms with Crippen LogP contribution in [-0.4, -0.2) is 39.8 Å². The van der Waals surface area contributed by atoms with Crippen LogP contribution in [0, 0.1) is 13.8 Å². The number of hydrogen-bond acceptors (Lipinski definition) is 7. The van der Waals surface area contributed by atoms with E-state index in [1.165, 1.54) is 6.20 Å². The highest BCUT2D eigenvalue weighted by atomic mass is 19.3. The molecular formula is C22H22F2N4O4. The summed E-state index contributed by atoms with van der Waals surface area (Å²) in [6, 6.07) is 6.81. The molecule has 1 amide bonds. The molecule has 1 fully saturated rings. The van der Waals surface area contributed by atoms with Gasteiger partial charge in [-0.2, -0.15) is 8.78 Å². The van der Waals surface area contributed by atoms with Crippen LogP contribution >= 0.6 is 0 Å². The minimum Gasteiger partial charge on any atom is -0.473 e. The molecule has 1 N–H and O–H groups in total. The molecule has 0 saturated heterocycles. The van der Waals surface area contributed by atoms with Crippen molar-refractivity contribution in [2.75, 3.05) is 0 Å². The standard InChI is InChI=1S/C22H22F2N4O4/c1-12-3-4-14(9-25-12)20-18(13(2)32-28-20)11-30-19-6-5-15(10-26-19)21(29)27-16-7-17(8-16)31-22(23)24/h3-6,9-10,16-17,22H,7-8,11H2,1-2H3,(H,27,29). The lowest BCUT2D eigenvalue weighted by atomic mass is 9.89. The van der Waals surface area contributed by atoms with Crippen LogP contribution < -0.4 is 10.1 Å². The molecule has 3 heterocycles. The number of ether oxygens (including phenoxy) is 2. The average Bonchev–Trinajstić information content (AvgIpc) is 3.11. The first-order valence-corrected chi connectivity index (χ1v) is 10.1. The summed E-state index contributed by atoms with van der Waals surface area (Å²) >= 11 is 0. The van der Waals surface area contributed by atoms with Gasteiger partial charge in [-0.05, 0) is 44.9 Å². The fourth-order valence-corrected chi connectivity index (χ4v) is 3.35. The van der Waals surface area contributed by atoms with E-state index in [1.54, 1.807) is 25.3 Å². The lowest BCUT2D eigenvalue weighted by molar-refractivity contribution is -0.184. The Morgan fingerprint density at radius 3 is 2.66 bits per heavy atom. The first-order chi connectivity index (χ1) is 15.4. The molecule has 8 nitrogen and oxygen atoms in total. The molecule has 0 aromatic carbocycles. The number of nitrogens with one attached hydrogen (secondary N) is 1. The minimum atomic E-state index is -2.79. The number of amides is 1. The van der Waals surface area contributed by atoms with Crippen molar-refractivity contribution in [3.63, 3.8) is 0 Å². The average molecular weight is 444 g/mol. The highest BCUT2D eigenvalue weighted by Crippen LogP contribution is 2.27. The lowest BCUT2D eigenvalue weighted by Gasteiger charge is -2.35. The number of aromatic nitrogens is 3. The van der Waals surface area contributed by atoms with Gasteiger partial charge in [0.25, 0.3) is 5.91 Å². The second-order valence-corrected chi connectivity index (χ2v) is 7.59. The SMILES string of the molecule is Cc1ccc(-c2noc(C)c2COc2ccc(C(=O)NC3CC(OC(F)F)C3)cn2)cn1. The number of alkyl halides is 2. The van der Waals surface area contributed by atoms with Crippen LogP contribution in [0.5, 0.6) is 5.88 Å². The van der Waals surface area contributed by atoms with Crippen LogP contribution in [0.25, 0.3) is 11.3 Å². The molecule has 32 heavy (non-hydrogen) atoms. The third-order valence-corrected chi connectivity index (χ3v) is 5.26. The molecule has 0 bridgehead atoms. The molecule has 3 aromatic rings. The molecule has 1 saturated carbocycles. The predicted octanol–water partition coefficient (Wildman–Crippen LogP) is 3.83. The summed E-state index contributed by atoms with van der Waals surface area (Å²) in [7, 11) is 0. The van der Waals surface area contributed by atoms with Gasteiger partial charge in [-0.25, -0.2) is 4.98 Å². The maximum absolute atomic E-state index is 12.3. The van der Waals surface area contributed by atoms with Gasteiger partial charge in [-0.1, -0.05) is 5.16 Å². The molecule has 0 radical (unpaired) electrons. The molecule has 3 aromatic heterocycles. The summed E-state index contributed by atoms with van der Waals surface area (Å²) in [5.74, 6) is 0.643. The van der Waals surface area contributed by atoms with Crippen LogP contribution in [0.2, 0.25) is 0 Å². The van der Waals surface area contributed by atoms with Crippen molar-refractivity contribution in [2.45, 2.75) is 52.1 Å². The van der Waals surface area contributed by atoms with Crippen molar-refractivity contribution < 1.29 is 27.6 Å². The monoisotopic (exact) mass is 444 g/mol. The molecule has 0 spiro atoms. The third-order valence-electron chi connectivity index (χ3n) is 5.26. The summed E-state index contributed by atoms with van der Waals surface area (Å²) in [6.45, 7) is 1.10. The number of rotatable bonds is 8. The molecule has 0 unspecified atom stereocenters. The Hall–Kier alpha value is -3.40. The first kappa shape index (κ1) is 21.8. The van der Waals surface area contributed by atoms with Gasteiger partial charge in [0.15, 0.2) is 0 Å². The Bertz CT molecular complexity index is 1060. The van der Waals surface area contributed by atoms with Crippen molar-refractivity contribution >= 4 is 5.91 Å². The van der Waals surface area contributed by atoms with E-state index in [9.17, 15) is 13.6 Å². The van der Waals surface area contributed by atoms with Gasteiger partial charge in [0.2, 0.25) is 5.88 Å². The number of carbonyl (C=O) groups is 1. The third kappa shape index (κ3) is 5.08. The highest BCUT2D eigenvalue weighted by Gasteiger charge is 2.33. The molecule has 168 valence electrons. The van der Waals surface area contributed by atoms with Crippen LogP contribution in [0.15, 0.2) is 41.2 Å². The Labute approximate surface area is 182 Å². The number of hydrogen-bond donors (Lipinski definition) is 1. The fraction of sp³-hybridized carbons (Fsp3) is 0.364. The Morgan fingerprint density at radius 2 is 2.00 bits per heavy atom. The summed E-state index contributed by atoms with van der Waals surface area (Å²) < 4.78 is 39.8. The van der Waals surface area contributed by atoms with Gasteiger partial charge in [-0.3, -0.25) is 9.78 Å². The largest absolute Gasteiger partial charge is 0.473 e.